The molecule has 2 N–H and O–H groups in total. The molecule has 2 heterocycles. The smallest absolute Gasteiger partial charge is 0.0372 e. The highest BCUT2D eigenvalue weighted by Gasteiger charge is 2.21. The van der Waals surface area contributed by atoms with Crippen LogP contribution in [0.1, 0.15) is 46.6 Å². The average Bonchev–Trinajstić information content (AvgIpc) is 2.79. The van der Waals surface area contributed by atoms with Gasteiger partial charge in [0.15, 0.2) is 0 Å². The molecule has 154 valence electrons. The van der Waals surface area contributed by atoms with Crippen molar-refractivity contribution < 1.29 is 0 Å². The summed E-state index contributed by atoms with van der Waals surface area (Å²) in [5, 5.41) is 7.11. The number of rotatable bonds is 4. The van der Waals surface area contributed by atoms with Gasteiger partial charge in [0.1, 0.15) is 0 Å². The van der Waals surface area contributed by atoms with Gasteiger partial charge in [0.05, 0.1) is 0 Å². The highest BCUT2D eigenvalue weighted by atomic mass is 15.1. The first-order chi connectivity index (χ1) is 14.7. The van der Waals surface area contributed by atoms with Gasteiger partial charge in [0.2, 0.25) is 0 Å². The van der Waals surface area contributed by atoms with Gasteiger partial charge in [-0.1, -0.05) is 36.4 Å². The number of nitrogens with zero attached hydrogens (tertiary/aromatic N) is 1. The number of hydrogen-bond donors (Lipinski definition) is 2. The monoisotopic (exact) mass is 397 g/mol. The fourth-order valence-electron chi connectivity index (χ4n) is 4.89. The van der Waals surface area contributed by atoms with E-state index in [0.717, 1.165) is 25.9 Å². The molecule has 0 saturated carbocycles. The van der Waals surface area contributed by atoms with Crippen molar-refractivity contribution in [3.63, 3.8) is 0 Å². The lowest BCUT2D eigenvalue weighted by Gasteiger charge is -2.26. The minimum Gasteiger partial charge on any atom is -0.385 e. The van der Waals surface area contributed by atoms with Crippen molar-refractivity contribution in [2.75, 3.05) is 42.7 Å². The molecule has 0 bridgehead atoms. The largest absolute Gasteiger partial charge is 0.385 e. The topological polar surface area (TPSA) is 27.3 Å². The molecule has 3 aromatic carbocycles. The zero-order valence-corrected chi connectivity index (χ0v) is 18.0. The molecule has 0 atom stereocenters. The molecule has 0 saturated heterocycles. The summed E-state index contributed by atoms with van der Waals surface area (Å²) >= 11 is 0. The number of benzene rings is 3. The van der Waals surface area contributed by atoms with Crippen LogP contribution in [0.15, 0.2) is 60.7 Å². The maximum absolute atomic E-state index is 3.56. The van der Waals surface area contributed by atoms with Crippen LogP contribution < -0.4 is 15.5 Å². The molecule has 2 aliphatic heterocycles. The molecule has 2 aliphatic rings. The van der Waals surface area contributed by atoms with E-state index >= 15 is 0 Å². The van der Waals surface area contributed by atoms with Crippen LogP contribution in [-0.4, -0.2) is 27.2 Å². The molecule has 0 aromatic heterocycles. The van der Waals surface area contributed by atoms with E-state index in [0.29, 0.717) is 0 Å². The summed E-state index contributed by atoms with van der Waals surface area (Å²) in [4.78, 5) is 2.16. The second kappa shape index (κ2) is 8.06. The van der Waals surface area contributed by atoms with Crippen molar-refractivity contribution in [1.29, 1.82) is 0 Å². The van der Waals surface area contributed by atoms with Crippen LogP contribution in [0.3, 0.4) is 0 Å². The molecule has 3 aromatic rings. The Morgan fingerprint density at radius 2 is 1.17 bits per heavy atom. The molecule has 3 heteroatoms. The first-order valence-corrected chi connectivity index (χ1v) is 11.2. The summed E-state index contributed by atoms with van der Waals surface area (Å²) in [6, 6.07) is 23.2. The van der Waals surface area contributed by atoms with Gasteiger partial charge in [-0.3, -0.25) is 0 Å². The van der Waals surface area contributed by atoms with Gasteiger partial charge in [-0.2, -0.15) is 0 Å². The van der Waals surface area contributed by atoms with Gasteiger partial charge in [-0.25, -0.2) is 0 Å². The summed E-state index contributed by atoms with van der Waals surface area (Å²) in [7, 11) is 4.19. The van der Waals surface area contributed by atoms with Crippen LogP contribution in [0.25, 0.3) is 0 Å². The zero-order valence-electron chi connectivity index (χ0n) is 18.0. The third kappa shape index (κ3) is 3.65. The average molecular weight is 398 g/mol. The Morgan fingerprint density at radius 1 is 0.667 bits per heavy atom. The van der Waals surface area contributed by atoms with Gasteiger partial charge >= 0.3 is 0 Å². The summed E-state index contributed by atoms with van der Waals surface area (Å²) in [6.45, 7) is 2.17. The Bertz CT molecular complexity index is 977. The third-order valence-electron chi connectivity index (χ3n) is 6.54. The molecule has 0 radical (unpaired) electrons. The SMILES string of the molecule is CN(C)c1ccc(C(c2ccc3c(c2)CCCN3)c2ccc3c(c2)CCCN3)cc1. The highest BCUT2D eigenvalue weighted by molar-refractivity contribution is 5.60. The number of fused-ring (bicyclic) bond motifs is 2. The molecule has 30 heavy (non-hydrogen) atoms. The number of anilines is 3. The Kier molecular flexibility index (Phi) is 5.12. The Hall–Kier alpha value is -2.94. The van der Waals surface area contributed by atoms with Crippen molar-refractivity contribution in [2.24, 2.45) is 0 Å². The van der Waals surface area contributed by atoms with Gasteiger partial charge in [0, 0.05) is 50.2 Å². The molecule has 0 unspecified atom stereocenters. The van der Waals surface area contributed by atoms with Crippen LogP contribution in [0.2, 0.25) is 0 Å². The Morgan fingerprint density at radius 3 is 1.67 bits per heavy atom. The van der Waals surface area contributed by atoms with Gasteiger partial charge < -0.3 is 15.5 Å². The van der Waals surface area contributed by atoms with E-state index in [1.807, 2.05) is 0 Å². The minimum atomic E-state index is 0.251. The Labute approximate surface area is 180 Å². The molecule has 5 rings (SSSR count). The van der Waals surface area contributed by atoms with Crippen LogP contribution in [0.4, 0.5) is 17.1 Å². The second-order valence-electron chi connectivity index (χ2n) is 8.81. The van der Waals surface area contributed by atoms with Crippen molar-refractivity contribution in [3.8, 4) is 0 Å². The van der Waals surface area contributed by atoms with Gasteiger partial charge in [0.25, 0.3) is 0 Å². The normalized spacial score (nSPS) is 15.0. The molecule has 0 aliphatic carbocycles. The number of nitrogens with one attached hydrogen (secondary N) is 2. The molecule has 0 fully saturated rings. The summed E-state index contributed by atoms with van der Waals surface area (Å²) < 4.78 is 0. The van der Waals surface area contributed by atoms with E-state index in [9.17, 15) is 0 Å². The first kappa shape index (κ1) is 19.0. The highest BCUT2D eigenvalue weighted by Crippen LogP contribution is 2.37. The molecular weight excluding hydrogens is 366 g/mol. The number of aryl methyl sites for hydroxylation is 2. The molecule has 3 nitrogen and oxygen atoms in total. The predicted octanol–water partition coefficient (Wildman–Crippen LogP) is 5.65. The van der Waals surface area contributed by atoms with Crippen LogP contribution in [0.5, 0.6) is 0 Å². The van der Waals surface area contributed by atoms with Crippen molar-refractivity contribution in [3.05, 3.63) is 88.5 Å². The van der Waals surface area contributed by atoms with Crippen molar-refractivity contribution in [2.45, 2.75) is 31.6 Å². The maximum Gasteiger partial charge on any atom is 0.0372 e. The molecule has 0 amide bonds. The van der Waals surface area contributed by atoms with Crippen molar-refractivity contribution >= 4 is 17.1 Å². The van der Waals surface area contributed by atoms with Crippen LogP contribution >= 0.6 is 0 Å². The standard InChI is InChI=1S/C27H31N3/c1-30(2)24-11-7-19(8-12-24)27(22-9-13-25-20(17-22)5-3-15-28-25)23-10-14-26-21(18-23)6-4-16-29-26/h7-14,17-18,27-29H,3-6,15-16H2,1-2H3. The fourth-order valence-corrected chi connectivity index (χ4v) is 4.89. The Balaban J connectivity index is 1.60. The van der Waals surface area contributed by atoms with Gasteiger partial charge in [-0.15, -0.1) is 0 Å². The van der Waals surface area contributed by atoms with E-state index in [-0.39, 0.29) is 5.92 Å². The van der Waals surface area contributed by atoms with E-state index in [2.05, 4.69) is 90.3 Å². The zero-order chi connectivity index (χ0) is 20.5. The predicted molar refractivity (Wildman–Crippen MR) is 128 cm³/mol. The lowest BCUT2D eigenvalue weighted by molar-refractivity contribution is 0.820. The summed E-state index contributed by atoms with van der Waals surface area (Å²) in [5.74, 6) is 0.251. The second-order valence-corrected chi connectivity index (χ2v) is 8.81. The van der Waals surface area contributed by atoms with Gasteiger partial charge in [-0.05, 0) is 77.8 Å². The van der Waals surface area contributed by atoms with Crippen LogP contribution in [-0.2, 0) is 12.8 Å². The molecular formula is C27H31N3. The minimum absolute atomic E-state index is 0.251. The third-order valence-corrected chi connectivity index (χ3v) is 6.54. The molecule has 0 spiro atoms. The van der Waals surface area contributed by atoms with E-state index in [1.165, 1.54) is 57.7 Å². The summed E-state index contributed by atoms with van der Waals surface area (Å²) in [6.07, 6.45) is 4.75. The van der Waals surface area contributed by atoms with Crippen molar-refractivity contribution in [1.82, 2.24) is 0 Å². The lowest BCUT2D eigenvalue weighted by atomic mass is 9.82. The summed E-state index contributed by atoms with van der Waals surface area (Å²) in [5.41, 5.74) is 10.9. The number of hydrogen-bond acceptors (Lipinski definition) is 3. The first-order valence-electron chi connectivity index (χ1n) is 11.2. The van der Waals surface area contributed by atoms with E-state index < -0.39 is 0 Å². The van der Waals surface area contributed by atoms with Crippen LogP contribution in [0, 0.1) is 0 Å². The maximum atomic E-state index is 3.56. The van der Waals surface area contributed by atoms with E-state index in [4.69, 9.17) is 0 Å². The lowest BCUT2D eigenvalue weighted by Crippen LogP contribution is -2.14. The van der Waals surface area contributed by atoms with E-state index in [1.54, 1.807) is 0 Å². The fraction of sp³-hybridized carbons (Fsp3) is 0.333. The quantitative estimate of drug-likeness (QED) is 0.557.